The van der Waals surface area contributed by atoms with Gasteiger partial charge in [0, 0.05) is 24.2 Å². The molecule has 0 saturated carbocycles. The van der Waals surface area contributed by atoms with Gasteiger partial charge in [-0.2, -0.15) is 0 Å². The summed E-state index contributed by atoms with van der Waals surface area (Å²) >= 11 is 1.66. The normalized spacial score (nSPS) is 13.8. The number of nitrogens with zero attached hydrogens (tertiary/aromatic N) is 6. The lowest BCUT2D eigenvalue weighted by Gasteiger charge is -2.26. The van der Waals surface area contributed by atoms with Crippen LogP contribution in [0, 0.1) is 0 Å². The molecular weight excluding hydrogens is 468 g/mol. The smallest absolute Gasteiger partial charge is 0.280 e. The SMILES string of the molecule is CC(C)c1ccccc1N(Cc1csc(N2CCCCC2)n1)C(=O)c1cn(Cc2ccccc2)nn1. The maximum absolute atomic E-state index is 13.9. The maximum atomic E-state index is 13.9. The fourth-order valence-corrected chi connectivity index (χ4v) is 5.50. The summed E-state index contributed by atoms with van der Waals surface area (Å²) < 4.78 is 1.71. The van der Waals surface area contributed by atoms with Gasteiger partial charge in [0.1, 0.15) is 0 Å². The minimum atomic E-state index is -0.171. The highest BCUT2D eigenvalue weighted by atomic mass is 32.1. The van der Waals surface area contributed by atoms with Crippen molar-refractivity contribution >= 4 is 28.1 Å². The van der Waals surface area contributed by atoms with E-state index in [9.17, 15) is 4.79 Å². The van der Waals surface area contributed by atoms with Crippen molar-refractivity contribution in [2.45, 2.75) is 52.1 Å². The predicted molar refractivity (Wildman–Crippen MR) is 145 cm³/mol. The van der Waals surface area contributed by atoms with Crippen molar-refractivity contribution in [1.29, 1.82) is 0 Å². The minimum Gasteiger partial charge on any atom is -0.348 e. The maximum Gasteiger partial charge on any atom is 0.280 e. The van der Waals surface area contributed by atoms with Gasteiger partial charge in [0.05, 0.1) is 25.0 Å². The highest BCUT2D eigenvalue weighted by Crippen LogP contribution is 2.31. The molecule has 4 aromatic rings. The number of amides is 1. The number of benzene rings is 2. The van der Waals surface area contributed by atoms with E-state index in [0.717, 1.165) is 40.7 Å². The molecule has 1 saturated heterocycles. The van der Waals surface area contributed by atoms with Crippen LogP contribution >= 0.6 is 11.3 Å². The number of para-hydroxylation sites is 1. The van der Waals surface area contributed by atoms with Gasteiger partial charge >= 0.3 is 0 Å². The second-order valence-corrected chi connectivity index (χ2v) is 10.4. The van der Waals surface area contributed by atoms with Crippen molar-refractivity contribution in [3.63, 3.8) is 0 Å². The zero-order valence-corrected chi connectivity index (χ0v) is 21.7. The molecule has 1 aliphatic rings. The van der Waals surface area contributed by atoms with Gasteiger partial charge in [-0.25, -0.2) is 9.67 Å². The lowest BCUT2D eigenvalue weighted by atomic mass is 10.00. The summed E-state index contributed by atoms with van der Waals surface area (Å²) in [6.45, 7) is 7.35. The second-order valence-electron chi connectivity index (χ2n) is 9.56. The third-order valence-corrected chi connectivity index (χ3v) is 7.48. The Kier molecular flexibility index (Phi) is 7.41. The molecule has 3 heterocycles. The lowest BCUT2D eigenvalue weighted by Crippen LogP contribution is -2.32. The van der Waals surface area contributed by atoms with E-state index in [0.29, 0.717) is 18.8 Å². The molecular formula is C28H32N6OS. The average Bonchev–Trinajstić information content (AvgIpc) is 3.58. The van der Waals surface area contributed by atoms with E-state index in [1.54, 1.807) is 27.1 Å². The molecule has 2 aromatic carbocycles. The first-order valence-corrected chi connectivity index (χ1v) is 13.5. The molecule has 2 aromatic heterocycles. The Bertz CT molecular complexity index is 1290. The first-order valence-electron chi connectivity index (χ1n) is 12.6. The van der Waals surface area contributed by atoms with E-state index in [4.69, 9.17) is 4.98 Å². The molecule has 0 unspecified atom stereocenters. The molecule has 1 fully saturated rings. The number of carbonyl (C=O) groups excluding carboxylic acids is 1. The number of aromatic nitrogens is 4. The van der Waals surface area contributed by atoms with Gasteiger partial charge in [-0.05, 0) is 42.4 Å². The van der Waals surface area contributed by atoms with E-state index in [1.807, 2.05) is 48.5 Å². The van der Waals surface area contributed by atoms with E-state index in [1.165, 1.54) is 19.3 Å². The molecule has 186 valence electrons. The Morgan fingerprint density at radius 1 is 1.03 bits per heavy atom. The molecule has 7 nitrogen and oxygen atoms in total. The van der Waals surface area contributed by atoms with Crippen LogP contribution < -0.4 is 9.80 Å². The summed E-state index contributed by atoms with van der Waals surface area (Å²) in [4.78, 5) is 23.0. The molecule has 1 aliphatic heterocycles. The molecule has 0 radical (unpaired) electrons. The van der Waals surface area contributed by atoms with Crippen molar-refractivity contribution in [1.82, 2.24) is 20.0 Å². The summed E-state index contributed by atoms with van der Waals surface area (Å²) in [7, 11) is 0. The van der Waals surface area contributed by atoms with Crippen LogP contribution in [0.15, 0.2) is 66.2 Å². The van der Waals surface area contributed by atoms with Crippen LogP contribution in [0.5, 0.6) is 0 Å². The van der Waals surface area contributed by atoms with E-state index in [2.05, 4.69) is 40.5 Å². The van der Waals surface area contributed by atoms with Gasteiger partial charge in [-0.3, -0.25) is 4.79 Å². The molecule has 5 rings (SSSR count). The Labute approximate surface area is 216 Å². The monoisotopic (exact) mass is 500 g/mol. The van der Waals surface area contributed by atoms with Crippen LogP contribution in [-0.4, -0.2) is 39.0 Å². The first-order chi connectivity index (χ1) is 17.6. The Morgan fingerprint density at radius 2 is 1.78 bits per heavy atom. The highest BCUT2D eigenvalue weighted by molar-refractivity contribution is 7.13. The molecule has 0 aliphatic carbocycles. The molecule has 0 atom stereocenters. The molecule has 0 spiro atoms. The number of piperidine rings is 1. The van der Waals surface area contributed by atoms with Crippen molar-refractivity contribution in [3.8, 4) is 0 Å². The zero-order valence-electron chi connectivity index (χ0n) is 20.9. The number of carbonyl (C=O) groups is 1. The summed E-state index contributed by atoms with van der Waals surface area (Å²) in [5, 5.41) is 11.6. The van der Waals surface area contributed by atoms with Crippen molar-refractivity contribution in [2.24, 2.45) is 0 Å². The van der Waals surface area contributed by atoms with Gasteiger partial charge in [0.2, 0.25) is 0 Å². The quantitative estimate of drug-likeness (QED) is 0.308. The van der Waals surface area contributed by atoms with Crippen LogP contribution in [0.2, 0.25) is 0 Å². The fraction of sp³-hybridized carbons (Fsp3) is 0.357. The van der Waals surface area contributed by atoms with Gasteiger partial charge in [0.25, 0.3) is 5.91 Å². The molecule has 0 bridgehead atoms. The number of thiazole rings is 1. The number of hydrogen-bond acceptors (Lipinski definition) is 6. The second kappa shape index (κ2) is 11.0. The zero-order chi connectivity index (χ0) is 24.9. The van der Waals surface area contributed by atoms with Crippen LogP contribution in [0.4, 0.5) is 10.8 Å². The van der Waals surface area contributed by atoms with Crippen LogP contribution in [-0.2, 0) is 13.1 Å². The first kappa shape index (κ1) is 24.2. The van der Waals surface area contributed by atoms with Gasteiger partial charge in [0.15, 0.2) is 10.8 Å². The third kappa shape index (κ3) is 5.49. The lowest BCUT2D eigenvalue weighted by molar-refractivity contribution is 0.0979. The average molecular weight is 501 g/mol. The van der Waals surface area contributed by atoms with E-state index < -0.39 is 0 Å². The van der Waals surface area contributed by atoms with Crippen molar-refractivity contribution < 1.29 is 4.79 Å². The Hall–Kier alpha value is -3.52. The summed E-state index contributed by atoms with van der Waals surface area (Å²) in [5.41, 5.74) is 4.34. The Morgan fingerprint density at radius 3 is 2.56 bits per heavy atom. The molecule has 8 heteroatoms. The third-order valence-electron chi connectivity index (χ3n) is 6.53. The molecule has 0 N–H and O–H groups in total. The number of rotatable bonds is 8. The van der Waals surface area contributed by atoms with Gasteiger partial charge in [-0.15, -0.1) is 16.4 Å². The summed E-state index contributed by atoms with van der Waals surface area (Å²) in [6.07, 6.45) is 5.44. The topological polar surface area (TPSA) is 67.2 Å². The Balaban J connectivity index is 1.43. The van der Waals surface area contributed by atoms with E-state index in [-0.39, 0.29) is 11.8 Å². The summed E-state index contributed by atoms with van der Waals surface area (Å²) in [6, 6.07) is 18.2. The van der Waals surface area contributed by atoms with Crippen molar-refractivity contribution in [2.75, 3.05) is 22.9 Å². The number of anilines is 2. The van der Waals surface area contributed by atoms with Crippen LogP contribution in [0.1, 0.15) is 66.3 Å². The molecule has 36 heavy (non-hydrogen) atoms. The predicted octanol–water partition coefficient (Wildman–Crippen LogP) is 5.74. The number of hydrogen-bond donors (Lipinski definition) is 0. The highest BCUT2D eigenvalue weighted by Gasteiger charge is 2.25. The largest absolute Gasteiger partial charge is 0.348 e. The standard InChI is InChI=1S/C28H32N6OS/c1-21(2)24-13-7-8-14-26(24)34(18-23-20-36-28(29-23)32-15-9-4-10-16-32)27(35)25-19-33(31-30-25)17-22-11-5-3-6-12-22/h3,5-8,11-14,19-21H,4,9-10,15-18H2,1-2H3. The molecule has 1 amide bonds. The fourth-order valence-electron chi connectivity index (χ4n) is 4.63. The summed E-state index contributed by atoms with van der Waals surface area (Å²) in [5.74, 6) is 0.0968. The van der Waals surface area contributed by atoms with Gasteiger partial charge in [-0.1, -0.05) is 67.6 Å². The van der Waals surface area contributed by atoms with Crippen molar-refractivity contribution in [3.05, 3.63) is 88.7 Å². The van der Waals surface area contributed by atoms with E-state index >= 15 is 0 Å². The minimum absolute atomic E-state index is 0.171. The van der Waals surface area contributed by atoms with Crippen LogP contribution in [0.25, 0.3) is 0 Å². The van der Waals surface area contributed by atoms with Crippen LogP contribution in [0.3, 0.4) is 0 Å². The van der Waals surface area contributed by atoms with Gasteiger partial charge < -0.3 is 9.80 Å².